The highest BCUT2D eigenvalue weighted by Gasteiger charge is 2.33. The molecule has 3 N–H and O–H groups in total. The fourth-order valence-corrected chi connectivity index (χ4v) is 4.24. The summed E-state index contributed by atoms with van der Waals surface area (Å²) in [7, 11) is 1.41. The molecule has 2 bridgehead atoms. The second kappa shape index (κ2) is 8.03. The first kappa shape index (κ1) is 20.1. The lowest BCUT2D eigenvalue weighted by molar-refractivity contribution is 0.0941. The van der Waals surface area contributed by atoms with E-state index in [1.54, 1.807) is 24.5 Å². The second-order valence-electron chi connectivity index (χ2n) is 7.96. The molecule has 0 aliphatic carbocycles. The smallest absolute Gasteiger partial charge is 0.255 e. The van der Waals surface area contributed by atoms with Crippen LogP contribution in [0.2, 0.25) is 0 Å². The summed E-state index contributed by atoms with van der Waals surface area (Å²) in [6, 6.07) is 6.47. The summed E-state index contributed by atoms with van der Waals surface area (Å²) in [5.74, 6) is 0.0587. The summed E-state index contributed by atoms with van der Waals surface area (Å²) in [6.45, 7) is 3.00. The van der Waals surface area contributed by atoms with E-state index in [2.05, 4.69) is 26.7 Å². The molecule has 164 valence electrons. The van der Waals surface area contributed by atoms with Gasteiger partial charge in [-0.3, -0.25) is 9.78 Å². The van der Waals surface area contributed by atoms with E-state index in [-0.39, 0.29) is 17.6 Å². The third-order valence-electron chi connectivity index (χ3n) is 5.86. The van der Waals surface area contributed by atoms with Gasteiger partial charge in [0, 0.05) is 29.9 Å². The standard InChI is InChI=1S/C24H23FN4O3/c1-13-6-7-14-10-27-24(30)19-20(14)29-21(15-8-9-26-11-18(15)32-12-13)22(19)28-17-5-3-4-16(25)23(17)31-2/h3-6,8-9,11,14,28-29H,7,10,12H2,1-2H3,(H,27,30)/b13-6-. The van der Waals surface area contributed by atoms with Gasteiger partial charge in [-0.25, -0.2) is 4.39 Å². The Morgan fingerprint density at radius 3 is 3.03 bits per heavy atom. The number of carbonyl (C=O) groups excluding carboxylic acids is 1. The van der Waals surface area contributed by atoms with Gasteiger partial charge >= 0.3 is 0 Å². The lowest BCUT2D eigenvalue weighted by Gasteiger charge is -2.23. The van der Waals surface area contributed by atoms with Gasteiger partial charge in [-0.2, -0.15) is 0 Å². The Morgan fingerprint density at radius 1 is 1.31 bits per heavy atom. The number of H-pyrrole nitrogens is 1. The number of pyridine rings is 1. The molecule has 2 aliphatic heterocycles. The van der Waals surface area contributed by atoms with Crippen molar-refractivity contribution in [2.24, 2.45) is 0 Å². The predicted octanol–water partition coefficient (Wildman–Crippen LogP) is 4.52. The first-order valence-electron chi connectivity index (χ1n) is 10.4. The molecule has 7 nitrogen and oxygen atoms in total. The van der Waals surface area contributed by atoms with Crippen LogP contribution in [-0.2, 0) is 0 Å². The van der Waals surface area contributed by atoms with E-state index in [1.807, 2.05) is 13.0 Å². The Morgan fingerprint density at radius 2 is 2.19 bits per heavy atom. The Balaban J connectivity index is 1.75. The zero-order valence-electron chi connectivity index (χ0n) is 17.8. The Hall–Kier alpha value is -3.81. The number of aromatic amines is 1. The molecule has 1 unspecified atom stereocenters. The number of nitrogens with zero attached hydrogens (tertiary/aromatic N) is 1. The van der Waals surface area contributed by atoms with E-state index in [0.29, 0.717) is 41.5 Å². The zero-order valence-corrected chi connectivity index (χ0v) is 17.8. The van der Waals surface area contributed by atoms with E-state index < -0.39 is 5.82 Å². The quantitative estimate of drug-likeness (QED) is 0.528. The van der Waals surface area contributed by atoms with Gasteiger partial charge in [-0.05, 0) is 37.1 Å². The van der Waals surface area contributed by atoms with E-state index in [4.69, 9.17) is 9.47 Å². The SMILES string of the molecule is COc1c(F)cccc1Nc1c2[nH]c3c1C(=O)NCC3C/C=C(/C)COc1cnccc1-2. The first-order chi connectivity index (χ1) is 15.6. The molecular weight excluding hydrogens is 411 g/mol. The number of allylic oxidation sites excluding steroid dienone is 1. The molecule has 1 amide bonds. The van der Waals surface area contributed by atoms with Crippen molar-refractivity contribution < 1.29 is 18.7 Å². The molecule has 0 saturated heterocycles. The van der Waals surface area contributed by atoms with Crippen molar-refractivity contribution in [2.45, 2.75) is 19.3 Å². The lowest BCUT2D eigenvalue weighted by Crippen LogP contribution is -2.35. The van der Waals surface area contributed by atoms with Gasteiger partial charge in [-0.15, -0.1) is 0 Å². The van der Waals surface area contributed by atoms with Crippen LogP contribution < -0.4 is 20.1 Å². The fourth-order valence-electron chi connectivity index (χ4n) is 4.24. The van der Waals surface area contributed by atoms with Crippen LogP contribution in [0.4, 0.5) is 15.8 Å². The normalized spacial score (nSPS) is 18.9. The lowest BCUT2D eigenvalue weighted by atomic mass is 9.92. The summed E-state index contributed by atoms with van der Waals surface area (Å²) >= 11 is 0. The third-order valence-corrected chi connectivity index (χ3v) is 5.86. The highest BCUT2D eigenvalue weighted by molar-refractivity contribution is 6.07. The first-order valence-corrected chi connectivity index (χ1v) is 10.4. The van der Waals surface area contributed by atoms with E-state index in [9.17, 15) is 9.18 Å². The summed E-state index contributed by atoms with van der Waals surface area (Å²) in [5, 5.41) is 6.26. The number of benzene rings is 1. The summed E-state index contributed by atoms with van der Waals surface area (Å²) in [5.41, 5.74) is 4.86. The van der Waals surface area contributed by atoms with Crippen LogP contribution in [0, 0.1) is 5.82 Å². The molecule has 1 aromatic carbocycles. The van der Waals surface area contributed by atoms with Crippen LogP contribution >= 0.6 is 0 Å². The molecule has 0 radical (unpaired) electrons. The highest BCUT2D eigenvalue weighted by Crippen LogP contribution is 2.44. The molecule has 0 fully saturated rings. The Kier molecular flexibility index (Phi) is 5.05. The summed E-state index contributed by atoms with van der Waals surface area (Å²) in [6.07, 6.45) is 6.22. The number of hydrogen-bond acceptors (Lipinski definition) is 5. The number of fused-ring (bicyclic) bond motifs is 3. The maximum atomic E-state index is 14.4. The number of methoxy groups -OCH3 is 1. The van der Waals surface area contributed by atoms with Crippen molar-refractivity contribution in [3.63, 3.8) is 0 Å². The number of nitrogens with one attached hydrogen (secondary N) is 3. The van der Waals surface area contributed by atoms with E-state index in [1.165, 1.54) is 13.2 Å². The van der Waals surface area contributed by atoms with Gasteiger partial charge in [0.1, 0.15) is 12.4 Å². The van der Waals surface area contributed by atoms with Crippen LogP contribution in [-0.4, -0.2) is 36.1 Å². The van der Waals surface area contributed by atoms with Gasteiger partial charge in [0.2, 0.25) is 0 Å². The number of para-hydroxylation sites is 1. The third kappa shape index (κ3) is 3.37. The molecule has 3 aromatic rings. The Labute approximate surface area is 184 Å². The minimum atomic E-state index is -0.492. The average molecular weight is 434 g/mol. The van der Waals surface area contributed by atoms with Gasteiger partial charge in [0.15, 0.2) is 11.6 Å². The topological polar surface area (TPSA) is 88.3 Å². The molecule has 5 rings (SSSR count). The molecule has 2 aromatic heterocycles. The number of rotatable bonds is 3. The van der Waals surface area contributed by atoms with Crippen LogP contribution in [0.3, 0.4) is 0 Å². The fraction of sp³-hybridized carbons (Fsp3) is 0.250. The number of carbonyl (C=O) groups is 1. The maximum absolute atomic E-state index is 14.4. The largest absolute Gasteiger partial charge is 0.492 e. The minimum absolute atomic E-state index is 0.0738. The zero-order chi connectivity index (χ0) is 22.2. The average Bonchev–Trinajstić information content (AvgIpc) is 3.16. The number of aromatic nitrogens is 2. The predicted molar refractivity (Wildman–Crippen MR) is 119 cm³/mol. The molecular formula is C24H23FN4O3. The van der Waals surface area contributed by atoms with Crippen molar-refractivity contribution in [3.05, 3.63) is 65.4 Å². The number of amides is 1. The van der Waals surface area contributed by atoms with Crippen LogP contribution in [0.15, 0.2) is 48.3 Å². The number of anilines is 2. The molecule has 32 heavy (non-hydrogen) atoms. The number of ether oxygens (including phenoxy) is 2. The minimum Gasteiger partial charge on any atom is -0.492 e. The molecule has 1 atom stereocenters. The molecule has 0 spiro atoms. The van der Waals surface area contributed by atoms with E-state index >= 15 is 0 Å². The molecule has 4 heterocycles. The van der Waals surface area contributed by atoms with Crippen molar-refractivity contribution in [1.29, 1.82) is 0 Å². The molecule has 0 saturated carbocycles. The van der Waals surface area contributed by atoms with Crippen molar-refractivity contribution in [2.75, 3.05) is 25.6 Å². The van der Waals surface area contributed by atoms with Crippen molar-refractivity contribution in [3.8, 4) is 22.8 Å². The van der Waals surface area contributed by atoms with Gasteiger partial charge < -0.3 is 25.1 Å². The van der Waals surface area contributed by atoms with Crippen LogP contribution in [0.5, 0.6) is 11.5 Å². The highest BCUT2D eigenvalue weighted by atomic mass is 19.1. The summed E-state index contributed by atoms with van der Waals surface area (Å²) in [4.78, 5) is 20.7. The number of hydrogen-bond donors (Lipinski definition) is 3. The second-order valence-corrected chi connectivity index (χ2v) is 7.96. The van der Waals surface area contributed by atoms with Gasteiger partial charge in [0.05, 0.1) is 35.9 Å². The van der Waals surface area contributed by atoms with Crippen molar-refractivity contribution in [1.82, 2.24) is 15.3 Å². The van der Waals surface area contributed by atoms with E-state index in [0.717, 1.165) is 23.3 Å². The molecule has 2 aliphatic rings. The van der Waals surface area contributed by atoms with Crippen molar-refractivity contribution >= 4 is 17.3 Å². The monoisotopic (exact) mass is 434 g/mol. The summed E-state index contributed by atoms with van der Waals surface area (Å²) < 4.78 is 25.7. The maximum Gasteiger partial charge on any atom is 0.255 e. The van der Waals surface area contributed by atoms with Crippen LogP contribution in [0.25, 0.3) is 11.3 Å². The van der Waals surface area contributed by atoms with Gasteiger partial charge in [0.25, 0.3) is 5.91 Å². The Bertz CT molecular complexity index is 1230. The molecule has 8 heteroatoms. The van der Waals surface area contributed by atoms with Crippen LogP contribution in [0.1, 0.15) is 35.3 Å². The van der Waals surface area contributed by atoms with Gasteiger partial charge in [-0.1, -0.05) is 12.1 Å². The number of halogens is 1.